The quantitative estimate of drug-likeness (QED) is 0.0665. The smallest absolute Gasteiger partial charge is 0.338 e. The van der Waals surface area contributed by atoms with Crippen LogP contribution in [0.5, 0.6) is 0 Å². The van der Waals surface area contributed by atoms with Crippen molar-refractivity contribution in [2.24, 2.45) is 16.7 Å². The van der Waals surface area contributed by atoms with Crippen LogP contribution in [0.15, 0.2) is 41.5 Å². The molecule has 0 radical (unpaired) electrons. The summed E-state index contributed by atoms with van der Waals surface area (Å²) in [5.74, 6) is -4.06. The molecule has 0 amide bonds. The first kappa shape index (κ1) is 51.9. The van der Waals surface area contributed by atoms with Crippen LogP contribution in [-0.4, -0.2) is 101 Å². The molecule has 25 heteroatoms. The van der Waals surface area contributed by atoms with Gasteiger partial charge in [0.2, 0.25) is 0 Å². The Morgan fingerprint density at radius 3 is 2.20 bits per heavy atom. The van der Waals surface area contributed by atoms with E-state index in [0.717, 1.165) is 0 Å². The summed E-state index contributed by atoms with van der Waals surface area (Å²) in [5, 5.41) is 29.3. The Labute approximate surface area is 368 Å². The maximum absolute atomic E-state index is 16.1. The van der Waals surface area contributed by atoms with Gasteiger partial charge in [0.05, 0.1) is 37.1 Å². The lowest BCUT2D eigenvalue weighted by molar-refractivity contribution is -0.345. The second-order valence-electron chi connectivity index (χ2n) is 15.8. The fourth-order valence-electron chi connectivity index (χ4n) is 9.12. The van der Waals surface area contributed by atoms with E-state index in [0.29, 0.717) is 19.1 Å². The highest BCUT2D eigenvalue weighted by molar-refractivity contribution is 9.10. The van der Waals surface area contributed by atoms with Gasteiger partial charge in [0.25, 0.3) is 0 Å². The maximum Gasteiger partial charge on any atom is 0.338 e. The van der Waals surface area contributed by atoms with Crippen LogP contribution in [0, 0.1) is 16.7 Å². The molecule has 4 aliphatic rings. The van der Waals surface area contributed by atoms with Crippen molar-refractivity contribution in [1.82, 2.24) is 5.32 Å². The van der Waals surface area contributed by atoms with Crippen LogP contribution in [0.2, 0.25) is 0 Å². The third kappa shape index (κ3) is 9.72. The van der Waals surface area contributed by atoms with Gasteiger partial charge in [-0.25, -0.2) is 9.59 Å². The highest BCUT2D eigenvalue weighted by Crippen LogP contribution is 3.09. The summed E-state index contributed by atoms with van der Waals surface area (Å²) in [7, 11) is 17.6. The predicted molar refractivity (Wildman–Crippen MR) is 264 cm³/mol. The molecule has 3 fully saturated rings. The number of rotatable bonds is 15. The van der Waals surface area contributed by atoms with Gasteiger partial charge in [-0.15, -0.1) is 44.6 Å². The van der Waals surface area contributed by atoms with Crippen molar-refractivity contribution in [2.45, 2.75) is 108 Å². The average Bonchev–Trinajstić information content (AvgIpc) is 3.17. The van der Waals surface area contributed by atoms with E-state index in [1.807, 2.05) is 0 Å². The Morgan fingerprint density at radius 2 is 1.69 bits per heavy atom. The zero-order chi connectivity index (χ0) is 44.0. The van der Waals surface area contributed by atoms with Crippen molar-refractivity contribution < 1.29 is 57.4 Å². The van der Waals surface area contributed by atoms with Gasteiger partial charge in [-0.1, -0.05) is 48.9 Å². The molecule has 1 saturated heterocycles. The zero-order valence-corrected chi connectivity index (χ0v) is 46.4. The van der Waals surface area contributed by atoms with Gasteiger partial charge in [-0.05, 0) is 65.1 Å². The number of esters is 3. The first-order valence-electron chi connectivity index (χ1n) is 18.6. The Bertz CT molecular complexity index is 1780. The van der Waals surface area contributed by atoms with E-state index < -0.39 is 123 Å². The minimum absolute atomic E-state index is 0.0729. The van der Waals surface area contributed by atoms with Gasteiger partial charge in [0, 0.05) is 46.7 Å². The van der Waals surface area contributed by atoms with Crippen LogP contribution in [0.1, 0.15) is 64.7 Å². The number of hydrogen-bond donors (Lipinski definition) is 3. The normalized spacial score (nSPS) is 35.0. The fourth-order valence-corrected chi connectivity index (χ4v) is 76.0. The monoisotopic (exact) mass is 1040 g/mol. The molecule has 59 heavy (non-hydrogen) atoms. The van der Waals surface area contributed by atoms with E-state index in [1.165, 1.54) is 6.92 Å². The highest BCUT2D eigenvalue weighted by Gasteiger charge is 2.78. The summed E-state index contributed by atoms with van der Waals surface area (Å²) in [6.07, 6.45) is -7.85. The second-order valence-corrected chi connectivity index (χ2v) is 51.5. The van der Waals surface area contributed by atoms with Gasteiger partial charge in [-0.3, -0.25) is 9.59 Å². The summed E-state index contributed by atoms with van der Waals surface area (Å²) in [4.78, 5) is 57.8. The number of benzene rings is 1. The molecule has 3 N–H and O–H groups in total. The highest BCUT2D eigenvalue weighted by atomic mass is 33.1. The molecule has 330 valence electrons. The summed E-state index contributed by atoms with van der Waals surface area (Å²) in [6, 6.07) is 7.79. The molecular formula is C34H57NO12P12. The summed E-state index contributed by atoms with van der Waals surface area (Å²) < 4.78 is 38.3. The number of nitrogens with one attached hydrogen (secondary N) is 1. The Morgan fingerprint density at radius 1 is 1.05 bits per heavy atom. The van der Waals surface area contributed by atoms with Crippen LogP contribution in [0.3, 0.4) is 0 Å². The van der Waals surface area contributed by atoms with Crippen molar-refractivity contribution in [2.75, 3.05) is 13.7 Å². The second kappa shape index (κ2) is 20.9. The topological polar surface area (TPSA) is 176 Å². The van der Waals surface area contributed by atoms with Gasteiger partial charge < -0.3 is 43.5 Å². The zero-order valence-electron chi connectivity index (χ0n) is 33.9. The molecule has 0 spiro atoms. The standard InChI is InChI=1S/C34H57NO12P12/c1-16-20(43-30(40)24(46-54-48)17(2)35-7)14-34(41)28(44-29(39)19-11-9-8-10-12-19)26-32(6,21(37)13-22-33(26,15-42-22)45-18(3)36)27(38)25(23(16)31(34,4)5)47-56(57(50)51)59(55-49)58(52)53/h8-12,17,20-22,24-26,28,35,37,41,54-55H,13-15,48-53H2,1-7H3/t17-,20-,21-,22+,24+,25+,26?,28-,32+,33-,34+,56?,59?/m0/s1. The third-order valence-electron chi connectivity index (χ3n) is 12.4. The SMILES string of the molecule is CN[C@@H](C)[C@@H](OPP)C(=O)O[C@H]1C[C@@]2(O)[C@@H](OC(=O)c3ccccc3)C3[C@](C)(C(=O)[C@H](OP(P(P)P)P(PP)P(P)P)C(=C1C)C2(C)C)[C@@H](O)C[C@H]1OC[C@@]31OC(C)=O. The minimum Gasteiger partial charge on any atom is -0.456 e. The van der Waals surface area contributed by atoms with E-state index >= 15 is 4.79 Å². The molecule has 0 aromatic heterocycles. The van der Waals surface area contributed by atoms with E-state index in [4.69, 9.17) is 28.0 Å². The van der Waals surface area contributed by atoms with Crippen molar-refractivity contribution in [1.29, 1.82) is 0 Å². The molecule has 3 aliphatic carbocycles. The number of ketones is 1. The Hall–Kier alpha value is 1.96. The number of ether oxygens (including phenoxy) is 4. The van der Waals surface area contributed by atoms with Crippen molar-refractivity contribution in [3.05, 3.63) is 47.0 Å². The molecule has 2 bridgehead atoms. The molecule has 2 saturated carbocycles. The molecule has 13 nitrogen and oxygen atoms in total. The van der Waals surface area contributed by atoms with Crippen molar-refractivity contribution >= 4 is 122 Å². The molecule has 5 rings (SSSR count). The molecule has 11 unspecified atom stereocenters. The molecule has 1 heterocycles. The Kier molecular flexibility index (Phi) is 18.4. The number of fused-ring (bicyclic) bond motifs is 5. The summed E-state index contributed by atoms with van der Waals surface area (Å²) in [6.45, 7) is 7.43. The van der Waals surface area contributed by atoms with Gasteiger partial charge >= 0.3 is 17.9 Å². The van der Waals surface area contributed by atoms with Crippen LogP contribution in [0.4, 0.5) is 0 Å². The van der Waals surface area contributed by atoms with Gasteiger partial charge in [0.15, 0.2) is 17.5 Å². The predicted octanol–water partition coefficient (Wildman–Crippen LogP) is 8.17. The molecule has 1 aliphatic heterocycles. The first-order chi connectivity index (χ1) is 27.6. The van der Waals surface area contributed by atoms with E-state index in [9.17, 15) is 24.6 Å². The van der Waals surface area contributed by atoms with E-state index in [1.54, 1.807) is 72.0 Å². The molecule has 1 aromatic carbocycles. The summed E-state index contributed by atoms with van der Waals surface area (Å²) in [5.41, 5.74) is -5.99. The van der Waals surface area contributed by atoms with Crippen LogP contribution in [-0.2, 0) is 42.4 Å². The summed E-state index contributed by atoms with van der Waals surface area (Å²) >= 11 is 0. The van der Waals surface area contributed by atoms with Crippen molar-refractivity contribution in [3.63, 3.8) is 0 Å². The fraction of sp³-hybridized carbons (Fsp3) is 0.647. The average molecular weight is 1040 g/mol. The van der Waals surface area contributed by atoms with Crippen LogP contribution < -0.4 is 5.32 Å². The Balaban J connectivity index is 1.86. The largest absolute Gasteiger partial charge is 0.456 e. The number of hydrogen-bond acceptors (Lipinski definition) is 13. The van der Waals surface area contributed by atoms with E-state index in [2.05, 4.69) is 58.9 Å². The van der Waals surface area contributed by atoms with Gasteiger partial charge in [0.1, 0.15) is 30.0 Å². The first-order valence-corrected chi connectivity index (χ1v) is 38.9. The third-order valence-corrected chi connectivity index (χ3v) is 60.4. The lowest BCUT2D eigenvalue weighted by atomic mass is 9.44. The maximum atomic E-state index is 16.1. The number of carbonyl (C=O) groups is 4. The number of likely N-dealkylation sites (N-methyl/N-ethyl adjacent to an activating group) is 1. The van der Waals surface area contributed by atoms with E-state index in [-0.39, 0.29) is 33.5 Å². The number of aliphatic hydroxyl groups is 2. The molecule has 21 atom stereocenters. The lowest BCUT2D eigenvalue weighted by Crippen LogP contribution is -2.81. The number of aliphatic hydroxyl groups excluding tert-OH is 1. The molecular weight excluding hydrogens is 986 g/mol. The number of Topliss-reactive ketones (excluding diaryl/α,β-unsaturated/α-hetero) is 1. The lowest BCUT2D eigenvalue weighted by Gasteiger charge is -2.67. The van der Waals surface area contributed by atoms with Gasteiger partial charge in [-0.2, -0.15) is 0 Å². The number of carbonyl (C=O) groups excluding carboxylic acids is 4. The van der Waals surface area contributed by atoms with Crippen molar-refractivity contribution in [3.8, 4) is 0 Å². The van der Waals surface area contributed by atoms with Crippen LogP contribution in [0.25, 0.3) is 0 Å². The van der Waals surface area contributed by atoms with Crippen LogP contribution >= 0.6 is 98.5 Å². The minimum atomic E-state index is -2.15. The molecule has 1 aromatic rings.